The van der Waals surface area contributed by atoms with Crippen molar-refractivity contribution in [3.05, 3.63) is 35.5 Å². The molecule has 0 radical (unpaired) electrons. The number of anilines is 1. The van der Waals surface area contributed by atoms with Crippen LogP contribution in [0.5, 0.6) is 0 Å². The second-order valence-corrected chi connectivity index (χ2v) is 7.52. The Morgan fingerprint density at radius 1 is 1.46 bits per heavy atom. The number of fused-ring (bicyclic) bond motifs is 1. The average Bonchev–Trinajstić information content (AvgIpc) is 3.03. The summed E-state index contributed by atoms with van der Waals surface area (Å²) in [4.78, 5) is 26.8. The van der Waals surface area contributed by atoms with E-state index in [9.17, 15) is 14.3 Å². The predicted molar refractivity (Wildman–Crippen MR) is 101 cm³/mol. The Labute approximate surface area is 164 Å². The molecule has 3 aromatic rings. The molecule has 1 atom stereocenters. The zero-order valence-corrected chi connectivity index (χ0v) is 15.6. The molecule has 0 aliphatic carbocycles. The fourth-order valence-electron chi connectivity index (χ4n) is 3.20. The molecule has 146 valence electrons. The van der Waals surface area contributed by atoms with Gasteiger partial charge in [0.25, 0.3) is 0 Å². The van der Waals surface area contributed by atoms with Crippen molar-refractivity contribution in [2.45, 2.75) is 19.4 Å². The summed E-state index contributed by atoms with van der Waals surface area (Å²) in [6.07, 6.45) is 4.05. The largest absolute Gasteiger partial charge is 0.481 e. The van der Waals surface area contributed by atoms with E-state index < -0.39 is 23.2 Å². The summed E-state index contributed by atoms with van der Waals surface area (Å²) in [5.74, 6) is -1.45. The Balaban J connectivity index is 1.70. The van der Waals surface area contributed by atoms with E-state index in [2.05, 4.69) is 25.3 Å². The molecule has 1 unspecified atom stereocenters. The standard InChI is InChI=1S/C18H17ClFN5O3/c1-18(7-28-8-18)13(3-14(26)27)24-17-12(20)6-23-16(25-17)11-5-22-15-10(11)2-9(19)4-21-15/h2,4-6,13H,3,7-8H2,1H3,(H,21,22)(H,26,27)(H,23,24,25). The number of aromatic nitrogens is 4. The predicted octanol–water partition coefficient (Wildman–Crippen LogP) is 3.10. The van der Waals surface area contributed by atoms with E-state index in [-0.39, 0.29) is 18.1 Å². The lowest BCUT2D eigenvalue weighted by Gasteiger charge is -2.44. The number of aliphatic carboxylic acids is 1. The van der Waals surface area contributed by atoms with Gasteiger partial charge in [0.15, 0.2) is 17.5 Å². The Morgan fingerprint density at radius 3 is 2.93 bits per heavy atom. The summed E-state index contributed by atoms with van der Waals surface area (Å²) >= 11 is 6.02. The van der Waals surface area contributed by atoms with Gasteiger partial charge in [0, 0.05) is 34.8 Å². The van der Waals surface area contributed by atoms with E-state index in [1.54, 1.807) is 12.3 Å². The molecule has 0 amide bonds. The highest BCUT2D eigenvalue weighted by Crippen LogP contribution is 2.35. The molecule has 1 aliphatic rings. The highest BCUT2D eigenvalue weighted by molar-refractivity contribution is 6.31. The molecule has 3 N–H and O–H groups in total. The maximum absolute atomic E-state index is 14.4. The number of rotatable bonds is 6. The first-order chi connectivity index (χ1) is 13.4. The number of carbonyl (C=O) groups is 1. The third kappa shape index (κ3) is 3.38. The number of ether oxygens (including phenoxy) is 1. The third-order valence-corrected chi connectivity index (χ3v) is 5.08. The van der Waals surface area contributed by atoms with E-state index in [0.29, 0.717) is 34.8 Å². The second-order valence-electron chi connectivity index (χ2n) is 7.08. The summed E-state index contributed by atoms with van der Waals surface area (Å²) in [5, 5.41) is 13.3. The van der Waals surface area contributed by atoms with Gasteiger partial charge in [-0.3, -0.25) is 4.79 Å². The average molecular weight is 406 g/mol. The molecule has 1 fully saturated rings. The number of H-pyrrole nitrogens is 1. The quantitative estimate of drug-likeness (QED) is 0.577. The monoisotopic (exact) mass is 405 g/mol. The molecule has 4 heterocycles. The number of pyridine rings is 1. The van der Waals surface area contributed by atoms with Crippen LogP contribution in [-0.2, 0) is 9.53 Å². The molecule has 0 aromatic carbocycles. The summed E-state index contributed by atoms with van der Waals surface area (Å²) < 4.78 is 19.6. The molecular formula is C18H17ClFN5O3. The van der Waals surface area contributed by atoms with Crippen LogP contribution in [0.1, 0.15) is 13.3 Å². The first kappa shape index (κ1) is 18.6. The fraction of sp³-hybridized carbons (Fsp3) is 0.333. The van der Waals surface area contributed by atoms with Crippen molar-refractivity contribution in [2.75, 3.05) is 18.5 Å². The summed E-state index contributed by atoms with van der Waals surface area (Å²) in [6, 6.07) is 1.17. The zero-order chi connectivity index (χ0) is 19.9. The van der Waals surface area contributed by atoms with Crippen molar-refractivity contribution < 1.29 is 19.0 Å². The van der Waals surface area contributed by atoms with Gasteiger partial charge < -0.3 is 20.1 Å². The normalized spacial score (nSPS) is 16.5. The van der Waals surface area contributed by atoms with Crippen molar-refractivity contribution in [3.63, 3.8) is 0 Å². The van der Waals surface area contributed by atoms with Crippen molar-refractivity contribution in [1.82, 2.24) is 19.9 Å². The maximum Gasteiger partial charge on any atom is 0.305 e. The summed E-state index contributed by atoms with van der Waals surface area (Å²) in [7, 11) is 0. The van der Waals surface area contributed by atoms with Crippen molar-refractivity contribution in [2.24, 2.45) is 5.41 Å². The number of nitrogens with one attached hydrogen (secondary N) is 2. The Hall–Kier alpha value is -2.78. The number of carboxylic acids is 1. The van der Waals surface area contributed by atoms with Crippen LogP contribution in [0.4, 0.5) is 10.2 Å². The van der Waals surface area contributed by atoms with E-state index in [1.807, 2.05) is 6.92 Å². The van der Waals surface area contributed by atoms with Gasteiger partial charge in [-0.2, -0.15) is 0 Å². The minimum atomic E-state index is -0.988. The third-order valence-electron chi connectivity index (χ3n) is 4.88. The first-order valence-corrected chi connectivity index (χ1v) is 8.95. The van der Waals surface area contributed by atoms with E-state index in [4.69, 9.17) is 16.3 Å². The minimum Gasteiger partial charge on any atom is -0.481 e. The number of nitrogens with zero attached hydrogens (tertiary/aromatic N) is 3. The highest BCUT2D eigenvalue weighted by Gasteiger charge is 2.43. The Morgan fingerprint density at radius 2 is 2.25 bits per heavy atom. The van der Waals surface area contributed by atoms with Gasteiger partial charge in [0.1, 0.15) is 5.65 Å². The van der Waals surface area contributed by atoms with E-state index >= 15 is 0 Å². The molecule has 4 rings (SSSR count). The van der Waals surface area contributed by atoms with Gasteiger partial charge in [0.05, 0.1) is 30.9 Å². The highest BCUT2D eigenvalue weighted by atomic mass is 35.5. The van der Waals surface area contributed by atoms with Crippen LogP contribution in [0.15, 0.2) is 24.7 Å². The van der Waals surface area contributed by atoms with Crippen LogP contribution in [0, 0.1) is 11.2 Å². The van der Waals surface area contributed by atoms with Crippen LogP contribution < -0.4 is 5.32 Å². The molecule has 1 aliphatic heterocycles. The van der Waals surface area contributed by atoms with Gasteiger partial charge in [-0.05, 0) is 6.07 Å². The SMILES string of the molecule is CC1(C(CC(=O)O)Nc2nc(-c3c[nH]c4ncc(Cl)cc34)ncc2F)COC1. The lowest BCUT2D eigenvalue weighted by Crippen LogP contribution is -2.53. The van der Waals surface area contributed by atoms with Crippen LogP contribution in [-0.4, -0.2) is 50.3 Å². The number of hydrogen-bond donors (Lipinski definition) is 3. The topological polar surface area (TPSA) is 113 Å². The molecule has 3 aromatic heterocycles. The second kappa shape index (κ2) is 6.99. The molecule has 0 spiro atoms. The Kier molecular flexibility index (Phi) is 4.64. The molecule has 1 saturated heterocycles. The van der Waals surface area contributed by atoms with Crippen molar-refractivity contribution in [1.29, 1.82) is 0 Å². The van der Waals surface area contributed by atoms with E-state index in [1.165, 1.54) is 6.20 Å². The van der Waals surface area contributed by atoms with Gasteiger partial charge in [-0.25, -0.2) is 19.3 Å². The number of aromatic amines is 1. The first-order valence-electron chi connectivity index (χ1n) is 8.57. The van der Waals surface area contributed by atoms with Crippen molar-refractivity contribution in [3.8, 4) is 11.4 Å². The van der Waals surface area contributed by atoms with Gasteiger partial charge in [0.2, 0.25) is 0 Å². The van der Waals surface area contributed by atoms with Crippen LogP contribution in [0.3, 0.4) is 0 Å². The van der Waals surface area contributed by atoms with Gasteiger partial charge >= 0.3 is 5.97 Å². The number of carboxylic acid groups (broad SMARTS) is 1. The number of halogens is 2. The number of hydrogen-bond acceptors (Lipinski definition) is 6. The smallest absolute Gasteiger partial charge is 0.305 e. The van der Waals surface area contributed by atoms with Gasteiger partial charge in [-0.15, -0.1) is 0 Å². The van der Waals surface area contributed by atoms with E-state index in [0.717, 1.165) is 6.20 Å². The van der Waals surface area contributed by atoms with Crippen LogP contribution in [0.25, 0.3) is 22.4 Å². The lowest BCUT2D eigenvalue weighted by atomic mass is 9.78. The summed E-state index contributed by atoms with van der Waals surface area (Å²) in [5.41, 5.74) is 0.791. The minimum absolute atomic E-state index is 0.0614. The molecular weight excluding hydrogens is 389 g/mol. The molecule has 8 nitrogen and oxygen atoms in total. The van der Waals surface area contributed by atoms with Crippen molar-refractivity contribution >= 4 is 34.4 Å². The molecule has 28 heavy (non-hydrogen) atoms. The van der Waals surface area contributed by atoms with Crippen LogP contribution >= 0.6 is 11.6 Å². The molecule has 0 saturated carbocycles. The molecule has 0 bridgehead atoms. The molecule has 10 heteroatoms. The van der Waals surface area contributed by atoms with Gasteiger partial charge in [-0.1, -0.05) is 18.5 Å². The Bertz CT molecular complexity index is 1050. The van der Waals surface area contributed by atoms with Crippen LogP contribution in [0.2, 0.25) is 5.02 Å². The summed E-state index contributed by atoms with van der Waals surface area (Å²) in [6.45, 7) is 2.68. The maximum atomic E-state index is 14.4. The zero-order valence-electron chi connectivity index (χ0n) is 14.9. The lowest BCUT2D eigenvalue weighted by molar-refractivity contribution is -0.143. The fourth-order valence-corrected chi connectivity index (χ4v) is 3.36.